The first-order chi connectivity index (χ1) is 6.27. The molecular weight excluding hydrogens is 168 g/mol. The van der Waals surface area contributed by atoms with Gasteiger partial charge in [-0.3, -0.25) is 0 Å². The maximum absolute atomic E-state index is 8.81. The van der Waals surface area contributed by atoms with Crippen LogP contribution in [-0.2, 0) is 4.79 Å². The molecule has 0 N–H and O–H groups in total. The summed E-state index contributed by atoms with van der Waals surface area (Å²) in [4.78, 5) is 8.81. The normalized spacial score (nSPS) is 11.5. The number of aryl methyl sites for hydroxylation is 1. The van der Waals surface area contributed by atoms with Crippen LogP contribution in [0.5, 0.6) is 11.5 Å². The van der Waals surface area contributed by atoms with Crippen LogP contribution >= 0.6 is 0 Å². The van der Waals surface area contributed by atoms with E-state index in [1.165, 1.54) is 12.5 Å². The molecule has 0 saturated carbocycles. The Labute approximate surface area is 77.3 Å². The van der Waals surface area contributed by atoms with E-state index in [1.54, 1.807) is 0 Å². The molecule has 1 heterocycles. The highest BCUT2D eigenvalue weighted by molar-refractivity contribution is 5.44. The van der Waals surface area contributed by atoms with Gasteiger partial charge >= 0.3 is 0 Å². The van der Waals surface area contributed by atoms with Crippen molar-refractivity contribution >= 4 is 6.29 Å². The standard InChI is InChI=1S/C8H8O2.C2H4O/c1-6-2-3-7-8(4-6)10-5-9-7;1-2-3/h2-4H,5H2,1H3;2H,1H3. The number of carbonyl (C=O) groups excluding carboxylic acids is 1. The molecule has 2 rings (SSSR count). The van der Waals surface area contributed by atoms with Crippen molar-refractivity contribution in [1.82, 2.24) is 0 Å². The predicted molar refractivity (Wildman–Crippen MR) is 49.0 cm³/mol. The van der Waals surface area contributed by atoms with Crippen molar-refractivity contribution in [3.8, 4) is 11.5 Å². The summed E-state index contributed by atoms with van der Waals surface area (Å²) >= 11 is 0. The minimum atomic E-state index is 0.360. The molecule has 3 nitrogen and oxygen atoms in total. The zero-order valence-electron chi connectivity index (χ0n) is 7.74. The molecule has 1 aromatic carbocycles. The second kappa shape index (κ2) is 4.50. The van der Waals surface area contributed by atoms with Crippen molar-refractivity contribution in [2.75, 3.05) is 6.79 Å². The highest BCUT2D eigenvalue weighted by Gasteiger charge is 2.11. The predicted octanol–water partition coefficient (Wildman–Crippen LogP) is 1.93. The van der Waals surface area contributed by atoms with Crippen LogP contribution in [0.3, 0.4) is 0 Å². The molecule has 0 aromatic heterocycles. The summed E-state index contributed by atoms with van der Waals surface area (Å²) in [6.07, 6.45) is 0.750. The molecule has 0 spiro atoms. The molecule has 0 unspecified atom stereocenters. The lowest BCUT2D eigenvalue weighted by Crippen LogP contribution is -1.92. The van der Waals surface area contributed by atoms with E-state index in [2.05, 4.69) is 0 Å². The quantitative estimate of drug-likeness (QED) is 0.572. The molecule has 1 aliphatic heterocycles. The maximum atomic E-state index is 8.81. The van der Waals surface area contributed by atoms with Gasteiger partial charge in [0.05, 0.1) is 0 Å². The second-order valence-electron chi connectivity index (χ2n) is 2.59. The van der Waals surface area contributed by atoms with Gasteiger partial charge in [-0.25, -0.2) is 0 Å². The van der Waals surface area contributed by atoms with Gasteiger partial charge in [-0.05, 0) is 31.5 Å². The van der Waals surface area contributed by atoms with Crippen molar-refractivity contribution in [3.63, 3.8) is 0 Å². The third-order valence-corrected chi connectivity index (χ3v) is 1.53. The first-order valence-corrected chi connectivity index (χ1v) is 4.04. The maximum Gasteiger partial charge on any atom is 0.231 e. The number of fused-ring (bicyclic) bond motifs is 1. The Hall–Kier alpha value is -1.51. The topological polar surface area (TPSA) is 35.5 Å². The van der Waals surface area contributed by atoms with E-state index in [9.17, 15) is 0 Å². The van der Waals surface area contributed by atoms with Crippen LogP contribution in [0, 0.1) is 6.92 Å². The molecule has 0 atom stereocenters. The summed E-state index contributed by atoms with van der Waals surface area (Å²) in [5, 5.41) is 0. The van der Waals surface area contributed by atoms with Crippen molar-refractivity contribution in [2.24, 2.45) is 0 Å². The molecule has 1 aliphatic rings. The zero-order chi connectivity index (χ0) is 9.68. The molecule has 0 saturated heterocycles. The van der Waals surface area contributed by atoms with E-state index in [-0.39, 0.29) is 0 Å². The first-order valence-electron chi connectivity index (χ1n) is 4.04. The number of carbonyl (C=O) groups is 1. The van der Waals surface area contributed by atoms with Crippen LogP contribution < -0.4 is 9.47 Å². The molecule has 0 fully saturated rings. The zero-order valence-corrected chi connectivity index (χ0v) is 7.74. The number of benzene rings is 1. The fourth-order valence-electron chi connectivity index (χ4n) is 1.00. The van der Waals surface area contributed by atoms with Crippen LogP contribution in [0.2, 0.25) is 0 Å². The monoisotopic (exact) mass is 180 g/mol. The Morgan fingerprint density at radius 1 is 1.31 bits per heavy atom. The number of aldehydes is 1. The van der Waals surface area contributed by atoms with E-state index in [4.69, 9.17) is 14.3 Å². The molecular formula is C10H12O3. The fourth-order valence-corrected chi connectivity index (χ4v) is 1.00. The van der Waals surface area contributed by atoms with Crippen molar-refractivity contribution in [2.45, 2.75) is 13.8 Å². The van der Waals surface area contributed by atoms with Crippen molar-refractivity contribution in [1.29, 1.82) is 0 Å². The lowest BCUT2D eigenvalue weighted by molar-refractivity contribution is -0.106. The Morgan fingerprint density at radius 3 is 2.62 bits per heavy atom. The molecule has 0 aliphatic carbocycles. The van der Waals surface area contributed by atoms with E-state index < -0.39 is 0 Å². The Kier molecular flexibility index (Phi) is 3.31. The summed E-state index contributed by atoms with van der Waals surface area (Å²) in [7, 11) is 0. The van der Waals surface area contributed by atoms with Gasteiger partial charge in [0.15, 0.2) is 11.5 Å². The van der Waals surface area contributed by atoms with Crippen LogP contribution in [0.25, 0.3) is 0 Å². The molecule has 0 bridgehead atoms. The van der Waals surface area contributed by atoms with Crippen LogP contribution in [-0.4, -0.2) is 13.1 Å². The molecule has 3 heteroatoms. The Balaban J connectivity index is 0.000000251. The largest absolute Gasteiger partial charge is 0.454 e. The summed E-state index contributed by atoms with van der Waals surface area (Å²) < 4.78 is 10.3. The van der Waals surface area contributed by atoms with E-state index in [1.807, 2.05) is 25.1 Å². The van der Waals surface area contributed by atoms with Crippen LogP contribution in [0.4, 0.5) is 0 Å². The van der Waals surface area contributed by atoms with E-state index in [0.29, 0.717) is 6.79 Å². The lowest BCUT2D eigenvalue weighted by Gasteiger charge is -1.94. The van der Waals surface area contributed by atoms with Gasteiger partial charge in [-0.2, -0.15) is 0 Å². The molecule has 70 valence electrons. The van der Waals surface area contributed by atoms with Gasteiger partial charge in [0.25, 0.3) is 0 Å². The van der Waals surface area contributed by atoms with Crippen LogP contribution in [0.15, 0.2) is 18.2 Å². The minimum absolute atomic E-state index is 0.360. The van der Waals surface area contributed by atoms with Gasteiger partial charge in [0, 0.05) is 0 Å². The molecule has 0 radical (unpaired) electrons. The fraction of sp³-hybridized carbons (Fsp3) is 0.300. The third kappa shape index (κ3) is 2.47. The second-order valence-corrected chi connectivity index (χ2v) is 2.59. The van der Waals surface area contributed by atoms with E-state index >= 15 is 0 Å². The van der Waals surface area contributed by atoms with Crippen LogP contribution in [0.1, 0.15) is 12.5 Å². The highest BCUT2D eigenvalue weighted by Crippen LogP contribution is 2.31. The van der Waals surface area contributed by atoms with Crippen molar-refractivity contribution in [3.05, 3.63) is 23.8 Å². The van der Waals surface area contributed by atoms with Gasteiger partial charge in [0.2, 0.25) is 6.79 Å². The van der Waals surface area contributed by atoms with Gasteiger partial charge in [-0.15, -0.1) is 0 Å². The number of hydrogen-bond donors (Lipinski definition) is 0. The Bertz CT molecular complexity index is 294. The summed E-state index contributed by atoms with van der Waals surface area (Å²) in [5.41, 5.74) is 1.20. The average Bonchev–Trinajstić information content (AvgIpc) is 2.52. The summed E-state index contributed by atoms with van der Waals surface area (Å²) in [6.45, 7) is 3.83. The number of hydrogen-bond acceptors (Lipinski definition) is 3. The van der Waals surface area contributed by atoms with Gasteiger partial charge in [0.1, 0.15) is 6.29 Å². The minimum Gasteiger partial charge on any atom is -0.454 e. The Morgan fingerprint density at radius 2 is 1.92 bits per heavy atom. The van der Waals surface area contributed by atoms with Gasteiger partial charge in [-0.1, -0.05) is 6.07 Å². The molecule has 1 aromatic rings. The smallest absolute Gasteiger partial charge is 0.231 e. The number of rotatable bonds is 0. The molecule has 13 heavy (non-hydrogen) atoms. The van der Waals surface area contributed by atoms with Crippen molar-refractivity contribution < 1.29 is 14.3 Å². The third-order valence-electron chi connectivity index (χ3n) is 1.53. The summed E-state index contributed by atoms with van der Waals surface area (Å²) in [5.74, 6) is 1.71. The summed E-state index contributed by atoms with van der Waals surface area (Å²) in [6, 6.07) is 5.91. The first kappa shape index (κ1) is 9.58. The van der Waals surface area contributed by atoms with Gasteiger partial charge < -0.3 is 14.3 Å². The number of ether oxygens (including phenoxy) is 2. The average molecular weight is 180 g/mol. The van der Waals surface area contributed by atoms with E-state index in [0.717, 1.165) is 17.8 Å². The lowest BCUT2D eigenvalue weighted by atomic mass is 10.2. The highest BCUT2D eigenvalue weighted by atomic mass is 16.7. The molecule has 0 amide bonds. The SMILES string of the molecule is CC=O.Cc1ccc2c(c1)OCO2.